The molecule has 4 nitrogen and oxygen atoms in total. The Labute approximate surface area is 120 Å². The first-order valence-corrected chi connectivity index (χ1v) is 7.06. The third-order valence-electron chi connectivity index (χ3n) is 3.90. The van der Waals surface area contributed by atoms with Crippen molar-refractivity contribution in [3.05, 3.63) is 29.8 Å². The van der Waals surface area contributed by atoms with Gasteiger partial charge in [-0.05, 0) is 37.3 Å². The van der Waals surface area contributed by atoms with E-state index in [9.17, 15) is 9.90 Å². The minimum atomic E-state index is -0.605. The largest absolute Gasteiger partial charge is 0.496 e. The topological polar surface area (TPSA) is 58.6 Å². The van der Waals surface area contributed by atoms with Crippen LogP contribution >= 0.6 is 0 Å². The van der Waals surface area contributed by atoms with E-state index in [4.69, 9.17) is 4.74 Å². The number of benzene rings is 1. The van der Waals surface area contributed by atoms with E-state index < -0.39 is 5.60 Å². The fourth-order valence-electron chi connectivity index (χ4n) is 2.85. The number of hydrogen-bond acceptors (Lipinski definition) is 3. The molecule has 110 valence electrons. The summed E-state index contributed by atoms with van der Waals surface area (Å²) < 4.78 is 5.32. The van der Waals surface area contributed by atoms with Crippen LogP contribution in [0.4, 0.5) is 0 Å². The Morgan fingerprint density at radius 3 is 2.75 bits per heavy atom. The van der Waals surface area contributed by atoms with Gasteiger partial charge in [-0.2, -0.15) is 0 Å². The Hall–Kier alpha value is -1.55. The Balaban J connectivity index is 1.88. The average Bonchev–Trinajstić information content (AvgIpc) is 2.36. The van der Waals surface area contributed by atoms with E-state index in [1.807, 2.05) is 31.2 Å². The highest BCUT2D eigenvalue weighted by Gasteiger charge is 2.39. The van der Waals surface area contributed by atoms with Crippen LogP contribution in [0.5, 0.6) is 5.75 Å². The molecule has 20 heavy (non-hydrogen) atoms. The van der Waals surface area contributed by atoms with E-state index in [0.29, 0.717) is 19.3 Å². The van der Waals surface area contributed by atoms with Crippen molar-refractivity contribution in [1.29, 1.82) is 0 Å². The molecule has 1 aliphatic carbocycles. The predicted octanol–water partition coefficient (Wildman–Crippen LogP) is 2.22. The summed E-state index contributed by atoms with van der Waals surface area (Å²) in [7, 11) is 1.64. The van der Waals surface area contributed by atoms with Gasteiger partial charge in [0.05, 0.1) is 12.7 Å². The fraction of sp³-hybridized carbons (Fsp3) is 0.562. The minimum absolute atomic E-state index is 0.0314. The highest BCUT2D eigenvalue weighted by molar-refractivity contribution is 5.77. The van der Waals surface area contributed by atoms with Crippen molar-refractivity contribution < 1.29 is 14.6 Å². The maximum Gasteiger partial charge on any atom is 0.220 e. The van der Waals surface area contributed by atoms with Crippen LogP contribution in [0.3, 0.4) is 0 Å². The molecule has 2 N–H and O–H groups in total. The molecular weight excluding hydrogens is 254 g/mol. The number of aliphatic hydroxyl groups is 1. The zero-order valence-corrected chi connectivity index (χ0v) is 12.3. The zero-order valence-electron chi connectivity index (χ0n) is 12.3. The number of hydrogen-bond donors (Lipinski definition) is 2. The second kappa shape index (κ2) is 5.83. The zero-order chi connectivity index (χ0) is 14.8. The second-order valence-electron chi connectivity index (χ2n) is 6.02. The molecule has 2 rings (SSSR count). The van der Waals surface area contributed by atoms with Crippen molar-refractivity contribution in [1.82, 2.24) is 5.32 Å². The van der Waals surface area contributed by atoms with Gasteiger partial charge >= 0.3 is 0 Å². The number of rotatable bonds is 5. The Kier molecular flexibility index (Phi) is 4.33. The number of para-hydroxylation sites is 1. The molecule has 0 spiro atoms. The van der Waals surface area contributed by atoms with Crippen LogP contribution in [-0.4, -0.2) is 29.8 Å². The van der Waals surface area contributed by atoms with Crippen molar-refractivity contribution >= 4 is 5.91 Å². The first kappa shape index (κ1) is 14.9. The number of ether oxygens (including phenoxy) is 1. The number of nitrogens with one attached hydrogen (secondary N) is 1. The van der Waals surface area contributed by atoms with Crippen LogP contribution in [0.15, 0.2) is 24.3 Å². The van der Waals surface area contributed by atoms with Gasteiger partial charge in [0.15, 0.2) is 0 Å². The summed E-state index contributed by atoms with van der Waals surface area (Å²) in [5, 5.41) is 12.6. The van der Waals surface area contributed by atoms with Crippen molar-refractivity contribution in [3.63, 3.8) is 0 Å². The van der Waals surface area contributed by atoms with Gasteiger partial charge in [-0.25, -0.2) is 0 Å². The van der Waals surface area contributed by atoms with Crippen LogP contribution in [0.1, 0.15) is 44.6 Å². The quantitative estimate of drug-likeness (QED) is 0.867. The standard InChI is InChI=1S/C16H23NO3/c1-11(13-6-4-5-7-14(13)20-3)8-15(18)17-12-9-16(2,19)10-12/h4-7,11-12,19H,8-10H2,1-3H3,(H,17,18). The Bertz CT molecular complexity index is 476. The third kappa shape index (κ3) is 3.51. The molecule has 1 atom stereocenters. The van der Waals surface area contributed by atoms with Gasteiger partial charge in [0.1, 0.15) is 5.75 Å². The molecule has 0 aromatic heterocycles. The van der Waals surface area contributed by atoms with Crippen molar-refractivity contribution in [2.75, 3.05) is 7.11 Å². The lowest BCUT2D eigenvalue weighted by molar-refractivity contribution is -0.125. The molecule has 1 fully saturated rings. The van der Waals surface area contributed by atoms with Gasteiger partial charge in [-0.15, -0.1) is 0 Å². The van der Waals surface area contributed by atoms with Crippen molar-refractivity contribution in [2.45, 2.75) is 50.7 Å². The van der Waals surface area contributed by atoms with Crippen LogP contribution in [-0.2, 0) is 4.79 Å². The molecule has 0 aliphatic heterocycles. The summed E-state index contributed by atoms with van der Waals surface area (Å²) in [6, 6.07) is 7.89. The summed E-state index contributed by atoms with van der Waals surface area (Å²) in [5.74, 6) is 0.954. The van der Waals surface area contributed by atoms with E-state index in [0.717, 1.165) is 11.3 Å². The lowest BCUT2D eigenvalue weighted by Gasteiger charge is -2.41. The van der Waals surface area contributed by atoms with Gasteiger partial charge in [-0.3, -0.25) is 4.79 Å². The van der Waals surface area contributed by atoms with E-state index in [-0.39, 0.29) is 17.9 Å². The maximum atomic E-state index is 12.0. The van der Waals surface area contributed by atoms with Crippen LogP contribution in [0.25, 0.3) is 0 Å². The molecule has 0 radical (unpaired) electrons. The Morgan fingerprint density at radius 2 is 2.15 bits per heavy atom. The monoisotopic (exact) mass is 277 g/mol. The summed E-state index contributed by atoms with van der Waals surface area (Å²) >= 11 is 0. The lowest BCUT2D eigenvalue weighted by atomic mass is 9.77. The molecule has 1 aromatic carbocycles. The molecule has 1 unspecified atom stereocenters. The summed E-state index contributed by atoms with van der Waals surface area (Å²) in [6.45, 7) is 3.82. The SMILES string of the molecule is COc1ccccc1C(C)CC(=O)NC1CC(C)(O)C1. The number of carbonyl (C=O) groups excluding carboxylic acids is 1. The molecule has 0 bridgehead atoms. The normalized spacial score (nSPS) is 26.5. The second-order valence-corrected chi connectivity index (χ2v) is 6.02. The molecule has 0 saturated heterocycles. The van der Waals surface area contributed by atoms with Gasteiger partial charge in [0.25, 0.3) is 0 Å². The molecule has 1 aliphatic rings. The van der Waals surface area contributed by atoms with Crippen LogP contribution in [0.2, 0.25) is 0 Å². The van der Waals surface area contributed by atoms with E-state index in [1.165, 1.54) is 0 Å². The highest BCUT2D eigenvalue weighted by Crippen LogP contribution is 2.32. The number of amides is 1. The maximum absolute atomic E-state index is 12.0. The van der Waals surface area contributed by atoms with Crippen molar-refractivity contribution in [2.24, 2.45) is 0 Å². The first-order chi connectivity index (χ1) is 9.41. The van der Waals surface area contributed by atoms with Gasteiger partial charge in [0, 0.05) is 12.5 Å². The first-order valence-electron chi connectivity index (χ1n) is 7.06. The fourth-order valence-corrected chi connectivity index (χ4v) is 2.85. The summed E-state index contributed by atoms with van der Waals surface area (Å²) in [5.41, 5.74) is 0.442. The van der Waals surface area contributed by atoms with E-state index >= 15 is 0 Å². The van der Waals surface area contributed by atoms with Gasteiger partial charge in [0.2, 0.25) is 5.91 Å². The van der Waals surface area contributed by atoms with Crippen molar-refractivity contribution in [3.8, 4) is 5.75 Å². The van der Waals surface area contributed by atoms with Crippen LogP contribution in [0, 0.1) is 0 Å². The van der Waals surface area contributed by atoms with Gasteiger partial charge in [-0.1, -0.05) is 25.1 Å². The smallest absolute Gasteiger partial charge is 0.220 e. The van der Waals surface area contributed by atoms with Gasteiger partial charge < -0.3 is 15.2 Å². The molecular formula is C16H23NO3. The Morgan fingerprint density at radius 1 is 1.50 bits per heavy atom. The molecule has 1 saturated carbocycles. The minimum Gasteiger partial charge on any atom is -0.496 e. The molecule has 0 heterocycles. The number of carbonyl (C=O) groups is 1. The molecule has 1 amide bonds. The third-order valence-corrected chi connectivity index (χ3v) is 3.90. The van der Waals surface area contributed by atoms with E-state index in [1.54, 1.807) is 14.0 Å². The molecule has 4 heteroatoms. The predicted molar refractivity (Wildman–Crippen MR) is 77.8 cm³/mol. The number of methoxy groups -OCH3 is 1. The average molecular weight is 277 g/mol. The van der Waals surface area contributed by atoms with E-state index in [2.05, 4.69) is 5.32 Å². The summed E-state index contributed by atoms with van der Waals surface area (Å²) in [4.78, 5) is 12.0. The highest BCUT2D eigenvalue weighted by atomic mass is 16.5. The summed E-state index contributed by atoms with van der Waals surface area (Å²) in [6.07, 6.45) is 1.71. The molecule has 1 aromatic rings. The van der Waals surface area contributed by atoms with Crippen LogP contribution < -0.4 is 10.1 Å². The lowest BCUT2D eigenvalue weighted by Crippen LogP contribution is -2.53.